The molecule has 2 aliphatic rings. The highest BCUT2D eigenvalue weighted by atomic mass is 16.3. The van der Waals surface area contributed by atoms with E-state index >= 15 is 0 Å². The Balaban J connectivity index is 1.42. The highest BCUT2D eigenvalue weighted by molar-refractivity contribution is 5.56. The third-order valence-corrected chi connectivity index (χ3v) is 5.93. The Morgan fingerprint density at radius 1 is 1.11 bits per heavy atom. The molecule has 0 unspecified atom stereocenters. The molecule has 2 aromatic heterocycles. The fourth-order valence-electron chi connectivity index (χ4n) is 4.79. The Morgan fingerprint density at radius 2 is 2.04 bits per heavy atom. The minimum absolute atomic E-state index is 0.0531. The molecule has 5 rings (SSSR count). The summed E-state index contributed by atoms with van der Waals surface area (Å²) < 4.78 is 7.41. The Hall–Kier alpha value is -3.10. The van der Waals surface area contributed by atoms with Gasteiger partial charge in [0.25, 0.3) is 5.56 Å². The van der Waals surface area contributed by atoms with Crippen LogP contribution in [0.25, 0.3) is 11.3 Å². The molecule has 1 aromatic carbocycles. The summed E-state index contributed by atoms with van der Waals surface area (Å²) in [6.45, 7) is 3.52. The van der Waals surface area contributed by atoms with E-state index in [4.69, 9.17) is 9.68 Å². The van der Waals surface area contributed by atoms with E-state index in [0.29, 0.717) is 28.7 Å². The van der Waals surface area contributed by atoms with Crippen LogP contribution in [0.4, 0.5) is 0 Å². The smallest absolute Gasteiger partial charge is 0.261 e. The molecule has 0 saturated carbocycles. The summed E-state index contributed by atoms with van der Waals surface area (Å²) >= 11 is 0. The maximum Gasteiger partial charge on any atom is 0.261 e. The first kappa shape index (κ1) is 17.0. The molecule has 28 heavy (non-hydrogen) atoms. The molecule has 5 heteroatoms. The molecule has 0 radical (unpaired) electrons. The number of hydrogen-bond acceptors (Lipinski definition) is 4. The van der Waals surface area contributed by atoms with E-state index in [1.165, 1.54) is 5.56 Å². The standard InChI is InChI=1S/C23H21N3O2/c24-11-16-3-1-4-17(9-16)12-25-13-18-10-19(15-25)21-7-6-20(22-5-2-8-28-22)23(27)26(21)14-18/h1-9,18-19H,10,12-15H2/t18-,19-/m1/s1. The quantitative estimate of drug-likeness (QED) is 0.706. The van der Waals surface area contributed by atoms with Crippen LogP contribution in [0.1, 0.15) is 29.2 Å². The average Bonchev–Trinajstić information content (AvgIpc) is 3.23. The lowest BCUT2D eigenvalue weighted by molar-refractivity contribution is 0.114. The van der Waals surface area contributed by atoms with E-state index in [-0.39, 0.29) is 5.56 Å². The summed E-state index contributed by atoms with van der Waals surface area (Å²) in [6.07, 6.45) is 2.74. The van der Waals surface area contributed by atoms with Crippen molar-refractivity contribution in [3.8, 4) is 17.4 Å². The summed E-state index contributed by atoms with van der Waals surface area (Å²) in [7, 11) is 0. The second kappa shape index (κ2) is 6.81. The largest absolute Gasteiger partial charge is 0.464 e. The Morgan fingerprint density at radius 3 is 2.86 bits per heavy atom. The van der Waals surface area contributed by atoms with Gasteiger partial charge in [-0.05, 0) is 54.3 Å². The van der Waals surface area contributed by atoms with E-state index in [1.807, 2.05) is 41.0 Å². The third-order valence-electron chi connectivity index (χ3n) is 5.93. The summed E-state index contributed by atoms with van der Waals surface area (Å²) in [4.78, 5) is 15.5. The Labute approximate surface area is 163 Å². The molecule has 2 bridgehead atoms. The second-order valence-electron chi connectivity index (χ2n) is 7.87. The number of nitrogens with zero attached hydrogens (tertiary/aromatic N) is 3. The molecule has 2 aliphatic heterocycles. The maximum absolute atomic E-state index is 13.0. The number of hydrogen-bond donors (Lipinski definition) is 0. The van der Waals surface area contributed by atoms with Gasteiger partial charge in [-0.15, -0.1) is 0 Å². The molecule has 0 N–H and O–H groups in total. The molecule has 5 nitrogen and oxygen atoms in total. The predicted octanol–water partition coefficient (Wildman–Crippen LogP) is 3.60. The number of aromatic nitrogens is 1. The first-order valence-corrected chi connectivity index (χ1v) is 9.70. The highest BCUT2D eigenvalue weighted by Crippen LogP contribution is 2.36. The molecule has 4 heterocycles. The number of pyridine rings is 1. The number of benzene rings is 1. The van der Waals surface area contributed by atoms with Crippen molar-refractivity contribution in [3.05, 3.63) is 82.0 Å². The number of rotatable bonds is 3. The highest BCUT2D eigenvalue weighted by Gasteiger charge is 2.35. The maximum atomic E-state index is 13.0. The van der Waals surface area contributed by atoms with Crippen LogP contribution in [0.3, 0.4) is 0 Å². The minimum atomic E-state index is 0.0531. The van der Waals surface area contributed by atoms with Crippen LogP contribution in [-0.4, -0.2) is 22.6 Å². The van der Waals surface area contributed by atoms with E-state index in [2.05, 4.69) is 23.1 Å². The fourth-order valence-corrected chi connectivity index (χ4v) is 4.79. The lowest BCUT2D eigenvalue weighted by Gasteiger charge is -2.43. The van der Waals surface area contributed by atoms with Gasteiger partial charge in [0.05, 0.1) is 23.5 Å². The van der Waals surface area contributed by atoms with Gasteiger partial charge < -0.3 is 8.98 Å². The van der Waals surface area contributed by atoms with Crippen molar-refractivity contribution in [3.63, 3.8) is 0 Å². The van der Waals surface area contributed by atoms with Crippen LogP contribution in [0.5, 0.6) is 0 Å². The summed E-state index contributed by atoms with van der Waals surface area (Å²) in [5.41, 5.74) is 3.70. The molecular weight excluding hydrogens is 350 g/mol. The predicted molar refractivity (Wildman–Crippen MR) is 106 cm³/mol. The van der Waals surface area contributed by atoms with Gasteiger partial charge in [-0.25, -0.2) is 0 Å². The van der Waals surface area contributed by atoms with Gasteiger partial charge in [0, 0.05) is 37.8 Å². The van der Waals surface area contributed by atoms with Crippen LogP contribution in [0.15, 0.2) is 64.0 Å². The zero-order chi connectivity index (χ0) is 19.1. The van der Waals surface area contributed by atoms with Crippen LogP contribution in [-0.2, 0) is 13.1 Å². The summed E-state index contributed by atoms with van der Waals surface area (Å²) in [5, 5.41) is 9.12. The van der Waals surface area contributed by atoms with Crippen molar-refractivity contribution in [2.75, 3.05) is 13.1 Å². The normalized spacial score (nSPS) is 21.1. The number of piperidine rings is 1. The van der Waals surface area contributed by atoms with Crippen molar-refractivity contribution < 1.29 is 4.42 Å². The molecule has 0 aliphatic carbocycles. The molecular formula is C23H21N3O2. The van der Waals surface area contributed by atoms with Crippen LogP contribution in [0, 0.1) is 17.2 Å². The van der Waals surface area contributed by atoms with E-state index in [1.54, 1.807) is 6.26 Å². The second-order valence-corrected chi connectivity index (χ2v) is 7.87. The lowest BCUT2D eigenvalue weighted by Crippen LogP contribution is -2.46. The monoisotopic (exact) mass is 371 g/mol. The Bertz CT molecular complexity index is 1110. The fraction of sp³-hybridized carbons (Fsp3) is 0.304. The van der Waals surface area contributed by atoms with Gasteiger partial charge >= 0.3 is 0 Å². The molecule has 2 atom stereocenters. The average molecular weight is 371 g/mol. The third kappa shape index (κ3) is 2.96. The molecule has 0 amide bonds. The summed E-state index contributed by atoms with van der Waals surface area (Å²) in [6, 6.07) is 17.7. The molecule has 140 valence electrons. The zero-order valence-electron chi connectivity index (χ0n) is 15.5. The topological polar surface area (TPSA) is 62.2 Å². The van der Waals surface area contributed by atoms with Crippen LogP contribution < -0.4 is 5.56 Å². The van der Waals surface area contributed by atoms with Crippen molar-refractivity contribution >= 4 is 0 Å². The number of furan rings is 1. The van der Waals surface area contributed by atoms with Gasteiger partial charge in [0.2, 0.25) is 0 Å². The Kier molecular flexibility index (Phi) is 4.14. The van der Waals surface area contributed by atoms with Crippen LogP contribution >= 0.6 is 0 Å². The van der Waals surface area contributed by atoms with Gasteiger partial charge in [-0.1, -0.05) is 12.1 Å². The van der Waals surface area contributed by atoms with Crippen molar-refractivity contribution in [1.29, 1.82) is 5.26 Å². The molecule has 1 saturated heterocycles. The molecule has 0 spiro atoms. The van der Waals surface area contributed by atoms with Crippen molar-refractivity contribution in [2.24, 2.45) is 5.92 Å². The number of nitriles is 1. The van der Waals surface area contributed by atoms with Gasteiger partial charge in [-0.2, -0.15) is 5.26 Å². The van der Waals surface area contributed by atoms with Gasteiger partial charge in [0.15, 0.2) is 0 Å². The van der Waals surface area contributed by atoms with Crippen molar-refractivity contribution in [2.45, 2.75) is 25.4 Å². The van der Waals surface area contributed by atoms with Crippen molar-refractivity contribution in [1.82, 2.24) is 9.47 Å². The van der Waals surface area contributed by atoms with E-state index in [0.717, 1.165) is 38.3 Å². The first-order chi connectivity index (χ1) is 13.7. The zero-order valence-corrected chi connectivity index (χ0v) is 15.5. The first-order valence-electron chi connectivity index (χ1n) is 9.70. The minimum Gasteiger partial charge on any atom is -0.464 e. The summed E-state index contributed by atoms with van der Waals surface area (Å²) in [5.74, 6) is 1.47. The SMILES string of the molecule is N#Cc1cccc(CN2C[C@H]3C[C@H](C2)c2ccc(-c4ccco4)c(=O)n2C3)c1. The molecule has 1 fully saturated rings. The number of likely N-dealkylation sites (tertiary alicyclic amines) is 1. The lowest BCUT2D eigenvalue weighted by atomic mass is 9.82. The van der Waals surface area contributed by atoms with E-state index in [9.17, 15) is 4.79 Å². The van der Waals surface area contributed by atoms with Gasteiger partial charge in [-0.3, -0.25) is 9.69 Å². The van der Waals surface area contributed by atoms with Gasteiger partial charge in [0.1, 0.15) is 5.76 Å². The van der Waals surface area contributed by atoms with Crippen LogP contribution in [0.2, 0.25) is 0 Å². The van der Waals surface area contributed by atoms with E-state index < -0.39 is 0 Å². The molecule has 3 aromatic rings. The number of fused-ring (bicyclic) bond motifs is 4.